The number of rotatable bonds is 2. The van der Waals surface area contributed by atoms with Gasteiger partial charge in [0.25, 0.3) is 0 Å². The zero-order valence-electron chi connectivity index (χ0n) is 10.7. The second-order valence-corrected chi connectivity index (χ2v) is 4.42. The normalized spacial score (nSPS) is 14.5. The highest BCUT2D eigenvalue weighted by atomic mass is 16.5. The molecule has 4 nitrogen and oxygen atoms in total. The number of carbonyl (C=O) groups is 2. The van der Waals surface area contributed by atoms with Crippen LogP contribution in [-0.4, -0.2) is 24.8 Å². The topological polar surface area (TPSA) is 56.5 Å². The fourth-order valence-corrected chi connectivity index (χ4v) is 2.14. The minimum Gasteiger partial charge on any atom is -0.463 e. The highest BCUT2D eigenvalue weighted by Gasteiger charge is 2.25. The van der Waals surface area contributed by atoms with Crippen LogP contribution in [0.1, 0.15) is 32.0 Å². The third-order valence-corrected chi connectivity index (χ3v) is 3.10. The van der Waals surface area contributed by atoms with E-state index in [4.69, 9.17) is 9.15 Å². The fraction of sp³-hybridized carbons (Fsp3) is 0.125. The van der Waals surface area contributed by atoms with E-state index in [9.17, 15) is 9.59 Å². The van der Waals surface area contributed by atoms with Crippen LogP contribution in [0.5, 0.6) is 0 Å². The van der Waals surface area contributed by atoms with Crippen molar-refractivity contribution in [1.82, 2.24) is 0 Å². The summed E-state index contributed by atoms with van der Waals surface area (Å²) in [5, 5.41) is 0. The number of ether oxygens (including phenoxy) is 1. The largest absolute Gasteiger partial charge is 0.463 e. The van der Waals surface area contributed by atoms with Gasteiger partial charge in [-0.25, -0.2) is 0 Å². The molecular weight excluding hydrogens is 256 g/mol. The number of fused-ring (bicyclic) bond motifs is 1. The molecule has 0 saturated carbocycles. The molecule has 0 saturated heterocycles. The first-order valence-electron chi connectivity index (χ1n) is 6.26. The second kappa shape index (κ2) is 5.27. The van der Waals surface area contributed by atoms with Crippen molar-refractivity contribution in [2.24, 2.45) is 0 Å². The van der Waals surface area contributed by atoms with E-state index in [-0.39, 0.29) is 23.7 Å². The van der Waals surface area contributed by atoms with Gasteiger partial charge in [-0.3, -0.25) is 9.59 Å². The molecule has 2 heterocycles. The zero-order valence-corrected chi connectivity index (χ0v) is 10.7. The van der Waals surface area contributed by atoms with Crippen molar-refractivity contribution >= 4 is 17.6 Å². The molecule has 0 radical (unpaired) electrons. The van der Waals surface area contributed by atoms with Crippen LogP contribution in [0.2, 0.25) is 0 Å². The van der Waals surface area contributed by atoms with E-state index in [1.54, 1.807) is 36.4 Å². The van der Waals surface area contributed by atoms with Crippen LogP contribution in [0.4, 0.5) is 0 Å². The van der Waals surface area contributed by atoms with Crippen LogP contribution in [0.25, 0.3) is 6.08 Å². The zero-order chi connectivity index (χ0) is 13.9. The molecule has 3 rings (SSSR count). The molecule has 0 amide bonds. The van der Waals surface area contributed by atoms with Crippen LogP contribution < -0.4 is 0 Å². The molecule has 20 heavy (non-hydrogen) atoms. The molecule has 0 atom stereocenters. The molecule has 0 unspecified atom stereocenters. The molecule has 0 fully saturated rings. The summed E-state index contributed by atoms with van der Waals surface area (Å²) in [5.74, 6) is -0.0483. The number of carbonyl (C=O) groups excluding carboxylic acids is 2. The Balaban J connectivity index is 2.07. The predicted octanol–water partition coefficient (Wildman–Crippen LogP) is 2.74. The van der Waals surface area contributed by atoms with Gasteiger partial charge < -0.3 is 9.15 Å². The van der Waals surface area contributed by atoms with Gasteiger partial charge in [0.15, 0.2) is 11.6 Å². The van der Waals surface area contributed by atoms with E-state index in [2.05, 4.69) is 0 Å². The average molecular weight is 268 g/mol. The Hall–Kier alpha value is -2.46. The first kappa shape index (κ1) is 12.6. The molecule has 2 aromatic rings. The summed E-state index contributed by atoms with van der Waals surface area (Å²) in [6, 6.07) is 8.81. The van der Waals surface area contributed by atoms with E-state index in [1.165, 1.54) is 6.26 Å². The number of Topliss-reactive ketones (excluding diaryl/α,β-unsaturated/α-hetero) is 1. The Labute approximate surface area is 115 Å². The van der Waals surface area contributed by atoms with Crippen molar-refractivity contribution in [3.05, 3.63) is 65.1 Å². The number of hydrogen-bond donors (Lipinski definition) is 0. The van der Waals surface area contributed by atoms with Gasteiger partial charge in [0.1, 0.15) is 18.6 Å². The first-order valence-corrected chi connectivity index (χ1v) is 6.26. The lowest BCUT2D eigenvalue weighted by Crippen LogP contribution is -2.15. The van der Waals surface area contributed by atoms with E-state index in [0.29, 0.717) is 23.5 Å². The number of ketones is 2. The van der Waals surface area contributed by atoms with Crippen molar-refractivity contribution in [2.45, 2.75) is 0 Å². The molecule has 0 spiro atoms. The average Bonchev–Trinajstić information content (AvgIpc) is 2.88. The standard InChI is InChI=1S/C16H12O4/c17-13-10-19-8-4-7-14-15(13)12(9-20-14)16(18)11-5-2-1-3-6-11/h1-7,9H,8,10H2. The highest BCUT2D eigenvalue weighted by Crippen LogP contribution is 2.23. The van der Waals surface area contributed by atoms with Gasteiger partial charge in [0.2, 0.25) is 0 Å². The minimum absolute atomic E-state index is 0.0497. The van der Waals surface area contributed by atoms with Gasteiger partial charge >= 0.3 is 0 Å². The van der Waals surface area contributed by atoms with E-state index in [1.807, 2.05) is 6.07 Å². The Bertz CT molecular complexity index is 680. The molecular formula is C16H12O4. The lowest BCUT2D eigenvalue weighted by Gasteiger charge is -2.06. The van der Waals surface area contributed by atoms with Crippen molar-refractivity contribution in [3.63, 3.8) is 0 Å². The molecule has 0 aliphatic carbocycles. The van der Waals surface area contributed by atoms with Crippen LogP contribution in [-0.2, 0) is 4.74 Å². The summed E-state index contributed by atoms with van der Waals surface area (Å²) < 4.78 is 10.5. The summed E-state index contributed by atoms with van der Waals surface area (Å²) in [5.41, 5.74) is 1.11. The van der Waals surface area contributed by atoms with Gasteiger partial charge in [-0.2, -0.15) is 0 Å². The van der Waals surface area contributed by atoms with E-state index in [0.717, 1.165) is 0 Å². The van der Waals surface area contributed by atoms with Gasteiger partial charge in [-0.15, -0.1) is 0 Å². The Morgan fingerprint density at radius 3 is 2.75 bits per heavy atom. The van der Waals surface area contributed by atoms with Gasteiger partial charge in [-0.1, -0.05) is 36.4 Å². The van der Waals surface area contributed by atoms with Crippen molar-refractivity contribution in [2.75, 3.05) is 13.2 Å². The SMILES string of the molecule is O=C(c1ccccc1)c1coc2c1C(=O)COCC=C2. The van der Waals surface area contributed by atoms with Gasteiger partial charge in [0, 0.05) is 5.56 Å². The Kier molecular flexibility index (Phi) is 3.31. The lowest BCUT2D eigenvalue weighted by atomic mass is 9.98. The minimum atomic E-state index is -0.239. The maximum Gasteiger partial charge on any atom is 0.197 e. The van der Waals surface area contributed by atoms with Gasteiger partial charge in [-0.05, 0) is 6.08 Å². The van der Waals surface area contributed by atoms with Crippen LogP contribution in [0.3, 0.4) is 0 Å². The Morgan fingerprint density at radius 2 is 1.95 bits per heavy atom. The summed E-state index contributed by atoms with van der Waals surface area (Å²) in [6.07, 6.45) is 4.76. The summed E-state index contributed by atoms with van der Waals surface area (Å²) in [7, 11) is 0. The second-order valence-electron chi connectivity index (χ2n) is 4.42. The molecule has 1 aliphatic rings. The maximum atomic E-state index is 12.4. The number of furan rings is 1. The van der Waals surface area contributed by atoms with Crippen molar-refractivity contribution < 1.29 is 18.7 Å². The van der Waals surface area contributed by atoms with Crippen LogP contribution >= 0.6 is 0 Å². The fourth-order valence-electron chi connectivity index (χ4n) is 2.14. The maximum absolute atomic E-state index is 12.4. The number of benzene rings is 1. The summed E-state index contributed by atoms with van der Waals surface area (Å²) in [4.78, 5) is 24.6. The molecule has 1 aliphatic heterocycles. The highest BCUT2D eigenvalue weighted by molar-refractivity contribution is 6.16. The summed E-state index contributed by atoms with van der Waals surface area (Å²) in [6.45, 7) is 0.305. The molecule has 100 valence electrons. The molecule has 0 bridgehead atoms. The van der Waals surface area contributed by atoms with Crippen molar-refractivity contribution in [3.8, 4) is 0 Å². The van der Waals surface area contributed by atoms with Crippen LogP contribution in [0.15, 0.2) is 47.1 Å². The van der Waals surface area contributed by atoms with Crippen molar-refractivity contribution in [1.29, 1.82) is 0 Å². The van der Waals surface area contributed by atoms with E-state index >= 15 is 0 Å². The third kappa shape index (κ3) is 2.21. The molecule has 0 N–H and O–H groups in total. The van der Waals surface area contributed by atoms with Gasteiger partial charge in [0.05, 0.1) is 17.7 Å². The third-order valence-electron chi connectivity index (χ3n) is 3.10. The quantitative estimate of drug-likeness (QED) is 0.786. The van der Waals surface area contributed by atoms with Crippen LogP contribution in [0, 0.1) is 0 Å². The smallest absolute Gasteiger partial charge is 0.197 e. The first-order chi connectivity index (χ1) is 9.77. The number of hydrogen-bond acceptors (Lipinski definition) is 4. The molecule has 1 aromatic heterocycles. The lowest BCUT2D eigenvalue weighted by molar-refractivity contribution is 0.0799. The summed E-state index contributed by atoms with van der Waals surface area (Å²) >= 11 is 0. The molecule has 4 heteroatoms. The van der Waals surface area contributed by atoms with E-state index < -0.39 is 0 Å². The monoisotopic (exact) mass is 268 g/mol. The Morgan fingerprint density at radius 1 is 1.15 bits per heavy atom. The molecule has 1 aromatic carbocycles. The predicted molar refractivity (Wildman–Crippen MR) is 72.8 cm³/mol.